The van der Waals surface area contributed by atoms with Gasteiger partial charge in [-0.05, 0) is 43.2 Å². The van der Waals surface area contributed by atoms with Gasteiger partial charge in [-0.3, -0.25) is 0 Å². The maximum absolute atomic E-state index is 13.0. The number of benzene rings is 1. The summed E-state index contributed by atoms with van der Waals surface area (Å²) in [6.45, 7) is 7.23. The lowest BCUT2D eigenvalue weighted by molar-refractivity contribution is 0.374. The van der Waals surface area contributed by atoms with Gasteiger partial charge in [-0.2, -0.15) is 0 Å². The molecule has 0 saturated carbocycles. The Bertz CT molecular complexity index is 643. The van der Waals surface area contributed by atoms with Gasteiger partial charge in [0.25, 0.3) is 10.0 Å². The molecule has 2 rings (SSSR count). The van der Waals surface area contributed by atoms with Crippen LogP contribution in [0.5, 0.6) is 0 Å². The summed E-state index contributed by atoms with van der Waals surface area (Å²) in [4.78, 5) is 0.155. The topological polar surface area (TPSA) is 39.1 Å². The molecule has 0 aliphatic carbocycles. The molecule has 1 atom stereocenters. The maximum Gasteiger partial charge on any atom is 0.267 e. The largest absolute Gasteiger partial charge is 0.267 e. The summed E-state index contributed by atoms with van der Waals surface area (Å²) in [7, 11) is -3.57. The fourth-order valence-electron chi connectivity index (χ4n) is 1.65. The standard InChI is InChI=1S/C13H14FNO2S.C2H6/c1-10-7-8-15(9-10)18(16,17)13-5-3-12(4-6-13)11(2)14;1-2/h3-9,11H,1-2H3;1-2H3. The van der Waals surface area contributed by atoms with E-state index >= 15 is 0 Å². The van der Waals surface area contributed by atoms with Gasteiger partial charge in [-0.15, -0.1) is 0 Å². The number of hydrogen-bond donors (Lipinski definition) is 0. The summed E-state index contributed by atoms with van der Waals surface area (Å²) in [6.07, 6.45) is 1.94. The molecule has 20 heavy (non-hydrogen) atoms. The van der Waals surface area contributed by atoms with Crippen LogP contribution in [-0.2, 0) is 10.0 Å². The monoisotopic (exact) mass is 297 g/mol. The van der Waals surface area contributed by atoms with Crippen molar-refractivity contribution in [2.45, 2.75) is 38.8 Å². The zero-order chi connectivity index (χ0) is 15.3. The van der Waals surface area contributed by atoms with Crippen molar-refractivity contribution in [1.82, 2.24) is 3.97 Å². The molecule has 0 saturated heterocycles. The SMILES string of the molecule is CC.Cc1ccn(S(=O)(=O)c2ccc(C(C)F)cc2)c1. The van der Waals surface area contributed by atoms with Gasteiger partial charge >= 0.3 is 0 Å². The first-order chi connectivity index (χ1) is 9.41. The summed E-state index contributed by atoms with van der Waals surface area (Å²) >= 11 is 0. The van der Waals surface area contributed by atoms with Gasteiger partial charge in [-0.1, -0.05) is 26.0 Å². The van der Waals surface area contributed by atoms with Crippen molar-refractivity contribution in [3.63, 3.8) is 0 Å². The van der Waals surface area contributed by atoms with Gasteiger partial charge in [0, 0.05) is 12.4 Å². The van der Waals surface area contributed by atoms with Crippen molar-refractivity contribution in [3.8, 4) is 0 Å². The van der Waals surface area contributed by atoms with Crippen LogP contribution < -0.4 is 0 Å². The number of rotatable bonds is 3. The number of aryl methyl sites for hydroxylation is 1. The maximum atomic E-state index is 13.0. The Kier molecular flexibility index (Phi) is 5.51. The van der Waals surface area contributed by atoms with Gasteiger partial charge in [-0.25, -0.2) is 16.8 Å². The smallest absolute Gasteiger partial charge is 0.249 e. The molecule has 1 unspecified atom stereocenters. The van der Waals surface area contributed by atoms with Crippen LogP contribution in [0.15, 0.2) is 47.6 Å². The Morgan fingerprint density at radius 1 is 1.10 bits per heavy atom. The molecule has 2 aromatic rings. The lowest BCUT2D eigenvalue weighted by Crippen LogP contribution is -2.10. The zero-order valence-corrected chi connectivity index (χ0v) is 13.0. The van der Waals surface area contributed by atoms with Crippen molar-refractivity contribution in [2.24, 2.45) is 0 Å². The molecule has 5 heteroatoms. The predicted octanol–water partition coefficient (Wildman–Crippen LogP) is 4.09. The van der Waals surface area contributed by atoms with Gasteiger partial charge in [0.2, 0.25) is 0 Å². The third-order valence-electron chi connectivity index (χ3n) is 2.73. The minimum absolute atomic E-state index is 0.155. The first-order valence-electron chi connectivity index (χ1n) is 6.55. The highest BCUT2D eigenvalue weighted by molar-refractivity contribution is 7.90. The third-order valence-corrected chi connectivity index (χ3v) is 4.38. The third kappa shape index (κ3) is 3.48. The van der Waals surface area contributed by atoms with Gasteiger partial charge in [0.05, 0.1) is 4.90 Å². The molecule has 0 bridgehead atoms. The minimum atomic E-state index is -3.57. The number of nitrogens with zero attached hydrogens (tertiary/aromatic N) is 1. The highest BCUT2D eigenvalue weighted by Crippen LogP contribution is 2.20. The van der Waals surface area contributed by atoms with Crippen LogP contribution in [0.2, 0.25) is 0 Å². The second kappa shape index (κ2) is 6.70. The van der Waals surface area contributed by atoms with E-state index in [1.54, 1.807) is 12.3 Å². The van der Waals surface area contributed by atoms with Crippen LogP contribution in [0.1, 0.15) is 38.1 Å². The number of aromatic nitrogens is 1. The molecule has 1 heterocycles. The van der Waals surface area contributed by atoms with Crippen LogP contribution in [0, 0.1) is 6.92 Å². The Morgan fingerprint density at radius 2 is 1.65 bits per heavy atom. The molecule has 0 aliphatic heterocycles. The molecule has 0 amide bonds. The van der Waals surface area contributed by atoms with Gasteiger partial charge < -0.3 is 0 Å². The van der Waals surface area contributed by atoms with Crippen molar-refractivity contribution < 1.29 is 12.8 Å². The van der Waals surface area contributed by atoms with E-state index in [4.69, 9.17) is 0 Å². The van der Waals surface area contributed by atoms with Crippen LogP contribution in [0.3, 0.4) is 0 Å². The van der Waals surface area contributed by atoms with Crippen molar-refractivity contribution in [1.29, 1.82) is 0 Å². The van der Waals surface area contributed by atoms with Crippen molar-refractivity contribution in [3.05, 3.63) is 53.9 Å². The highest BCUT2D eigenvalue weighted by Gasteiger charge is 2.16. The molecule has 1 aromatic heterocycles. The normalized spacial score (nSPS) is 12.4. The molecule has 1 aromatic carbocycles. The van der Waals surface area contributed by atoms with Crippen LogP contribution in [0.25, 0.3) is 0 Å². The van der Waals surface area contributed by atoms with E-state index in [0.717, 1.165) is 9.54 Å². The van der Waals surface area contributed by atoms with Gasteiger partial charge in [0.1, 0.15) is 6.17 Å². The molecule has 3 nitrogen and oxygen atoms in total. The van der Waals surface area contributed by atoms with Crippen LogP contribution >= 0.6 is 0 Å². The summed E-state index contributed by atoms with van der Waals surface area (Å²) in [5.74, 6) is 0. The average molecular weight is 297 g/mol. The second-order valence-electron chi connectivity index (χ2n) is 4.21. The molecule has 0 aliphatic rings. The Balaban J connectivity index is 0.000000956. The van der Waals surface area contributed by atoms with Gasteiger partial charge in [0.15, 0.2) is 0 Å². The average Bonchev–Trinajstić information content (AvgIpc) is 2.88. The van der Waals surface area contributed by atoms with E-state index in [9.17, 15) is 12.8 Å². The Labute approximate surface area is 120 Å². The first kappa shape index (κ1) is 16.4. The molecule has 0 radical (unpaired) electrons. The minimum Gasteiger partial charge on any atom is -0.249 e. The summed E-state index contributed by atoms with van der Waals surface area (Å²) < 4.78 is 38.6. The van der Waals surface area contributed by atoms with Crippen LogP contribution in [0.4, 0.5) is 4.39 Å². The van der Waals surface area contributed by atoms with E-state index in [-0.39, 0.29) is 4.90 Å². The molecular formula is C15H20FNO2S. The summed E-state index contributed by atoms with van der Waals surface area (Å²) in [6, 6.07) is 7.56. The Hall–Kier alpha value is -1.62. The number of hydrogen-bond acceptors (Lipinski definition) is 2. The van der Waals surface area contributed by atoms with E-state index in [1.807, 2.05) is 20.8 Å². The molecule has 0 fully saturated rings. The Morgan fingerprint density at radius 3 is 2.05 bits per heavy atom. The number of alkyl halides is 1. The van der Waals surface area contributed by atoms with Crippen molar-refractivity contribution >= 4 is 10.0 Å². The molecular weight excluding hydrogens is 277 g/mol. The fraction of sp³-hybridized carbons (Fsp3) is 0.333. The second-order valence-corrected chi connectivity index (χ2v) is 6.05. The van der Waals surface area contributed by atoms with E-state index in [2.05, 4.69) is 0 Å². The van der Waals surface area contributed by atoms with Crippen LogP contribution in [-0.4, -0.2) is 12.4 Å². The summed E-state index contributed by atoms with van der Waals surface area (Å²) in [5.41, 5.74) is 1.34. The summed E-state index contributed by atoms with van der Waals surface area (Å²) in [5, 5.41) is 0. The predicted molar refractivity (Wildman–Crippen MR) is 79.1 cm³/mol. The molecule has 110 valence electrons. The lowest BCUT2D eigenvalue weighted by atomic mass is 10.1. The van der Waals surface area contributed by atoms with E-state index < -0.39 is 16.2 Å². The van der Waals surface area contributed by atoms with E-state index in [1.165, 1.54) is 37.4 Å². The van der Waals surface area contributed by atoms with Crippen molar-refractivity contribution in [2.75, 3.05) is 0 Å². The quantitative estimate of drug-likeness (QED) is 0.856. The molecule has 0 N–H and O–H groups in total. The molecule has 0 spiro atoms. The zero-order valence-electron chi connectivity index (χ0n) is 12.2. The first-order valence-corrected chi connectivity index (χ1v) is 7.99. The lowest BCUT2D eigenvalue weighted by Gasteiger charge is -2.07. The highest BCUT2D eigenvalue weighted by atomic mass is 32.2. The van der Waals surface area contributed by atoms with E-state index in [0.29, 0.717) is 5.56 Å². The fourth-order valence-corrected chi connectivity index (χ4v) is 2.90. The number of halogens is 1.